The van der Waals surface area contributed by atoms with Gasteiger partial charge in [0.05, 0.1) is 0 Å². The molecule has 0 spiro atoms. The number of benzene rings is 2. The number of hydrogen-bond acceptors (Lipinski definition) is 2. The summed E-state index contributed by atoms with van der Waals surface area (Å²) >= 11 is 0. The molecule has 0 bridgehead atoms. The first-order chi connectivity index (χ1) is 12.7. The number of nitrogens with one attached hydrogen (secondary N) is 2. The molecule has 0 atom stereocenters. The molecule has 3 aromatic rings. The summed E-state index contributed by atoms with van der Waals surface area (Å²) in [5, 5.41) is 4.28. The van der Waals surface area contributed by atoms with E-state index in [9.17, 15) is 4.79 Å². The van der Waals surface area contributed by atoms with Gasteiger partial charge in [-0.25, -0.2) is 0 Å². The Balaban J connectivity index is 1.46. The molecule has 26 heavy (non-hydrogen) atoms. The number of anilines is 1. The van der Waals surface area contributed by atoms with Gasteiger partial charge >= 0.3 is 0 Å². The van der Waals surface area contributed by atoms with Crippen LogP contribution in [-0.4, -0.2) is 30.5 Å². The van der Waals surface area contributed by atoms with Crippen LogP contribution in [0.4, 0.5) is 5.69 Å². The smallest absolute Gasteiger partial charge is 0.221 e. The van der Waals surface area contributed by atoms with Crippen molar-refractivity contribution in [3.8, 4) is 0 Å². The van der Waals surface area contributed by atoms with Gasteiger partial charge in [0.15, 0.2) is 0 Å². The molecule has 0 aliphatic rings. The SMILES string of the molecule is CCN(CCC(=O)NCCc1c[nH]c2ccccc12)c1cccc(C)c1. The molecular formula is C22H27N3O. The standard InChI is InChI=1S/C22H27N3O/c1-3-25(19-8-6-7-17(2)15-19)14-12-22(26)23-13-11-18-16-24-21-10-5-4-9-20(18)21/h4-10,15-16,24H,3,11-14H2,1-2H3,(H,23,26). The van der Waals surface area contributed by atoms with Gasteiger partial charge in [0, 0.05) is 48.8 Å². The average Bonchev–Trinajstić information content (AvgIpc) is 3.06. The zero-order valence-corrected chi connectivity index (χ0v) is 15.6. The highest BCUT2D eigenvalue weighted by Gasteiger charge is 2.08. The molecule has 1 amide bonds. The Morgan fingerprint density at radius 2 is 2.00 bits per heavy atom. The van der Waals surface area contributed by atoms with Crippen molar-refractivity contribution in [1.29, 1.82) is 0 Å². The second-order valence-corrected chi connectivity index (χ2v) is 6.63. The van der Waals surface area contributed by atoms with E-state index in [1.54, 1.807) is 0 Å². The summed E-state index contributed by atoms with van der Waals surface area (Å²) in [5.74, 6) is 0.107. The van der Waals surface area contributed by atoms with E-state index < -0.39 is 0 Å². The van der Waals surface area contributed by atoms with Crippen molar-refractivity contribution in [2.45, 2.75) is 26.7 Å². The topological polar surface area (TPSA) is 48.1 Å². The summed E-state index contributed by atoms with van der Waals surface area (Å²) in [5.41, 5.74) is 4.81. The molecule has 4 heteroatoms. The van der Waals surface area contributed by atoms with E-state index >= 15 is 0 Å². The number of carbonyl (C=O) groups is 1. The predicted octanol–water partition coefficient (Wildman–Crippen LogP) is 4.05. The molecule has 0 unspecified atom stereocenters. The van der Waals surface area contributed by atoms with E-state index in [0.29, 0.717) is 13.0 Å². The molecule has 1 heterocycles. The Hall–Kier alpha value is -2.75. The molecule has 0 radical (unpaired) electrons. The highest BCUT2D eigenvalue weighted by molar-refractivity contribution is 5.83. The number of aryl methyl sites for hydroxylation is 1. The van der Waals surface area contributed by atoms with Gasteiger partial charge in [-0.2, -0.15) is 0 Å². The lowest BCUT2D eigenvalue weighted by Gasteiger charge is -2.23. The van der Waals surface area contributed by atoms with E-state index in [0.717, 1.165) is 25.0 Å². The molecule has 0 saturated heterocycles. The summed E-state index contributed by atoms with van der Waals surface area (Å²) in [6, 6.07) is 16.7. The third kappa shape index (κ3) is 4.45. The number of nitrogens with zero attached hydrogens (tertiary/aromatic N) is 1. The molecule has 4 nitrogen and oxygen atoms in total. The Bertz CT molecular complexity index is 868. The zero-order chi connectivity index (χ0) is 18.4. The van der Waals surface area contributed by atoms with E-state index in [1.807, 2.05) is 18.3 Å². The van der Waals surface area contributed by atoms with Crippen LogP contribution in [0.5, 0.6) is 0 Å². The summed E-state index contributed by atoms with van der Waals surface area (Å²) < 4.78 is 0. The number of aromatic nitrogens is 1. The van der Waals surface area contributed by atoms with E-state index in [2.05, 4.69) is 65.4 Å². The fourth-order valence-electron chi connectivity index (χ4n) is 3.29. The number of fused-ring (bicyclic) bond motifs is 1. The van der Waals surface area contributed by atoms with Crippen LogP contribution in [0.2, 0.25) is 0 Å². The Morgan fingerprint density at radius 3 is 2.81 bits per heavy atom. The number of carbonyl (C=O) groups excluding carboxylic acids is 1. The van der Waals surface area contributed by atoms with Gasteiger partial charge in [-0.15, -0.1) is 0 Å². The van der Waals surface area contributed by atoms with E-state index in [4.69, 9.17) is 0 Å². The first-order valence-corrected chi connectivity index (χ1v) is 9.30. The second kappa shape index (κ2) is 8.56. The van der Waals surface area contributed by atoms with Crippen LogP contribution in [0, 0.1) is 6.92 Å². The summed E-state index contributed by atoms with van der Waals surface area (Å²) in [4.78, 5) is 17.7. The maximum absolute atomic E-state index is 12.2. The Kier molecular flexibility index (Phi) is 5.95. The molecule has 0 fully saturated rings. The molecule has 2 N–H and O–H groups in total. The van der Waals surface area contributed by atoms with Crippen LogP contribution in [0.15, 0.2) is 54.7 Å². The van der Waals surface area contributed by atoms with Gasteiger partial charge in [0.1, 0.15) is 0 Å². The number of H-pyrrole nitrogens is 1. The van der Waals surface area contributed by atoms with Crippen molar-refractivity contribution < 1.29 is 4.79 Å². The van der Waals surface area contributed by atoms with Crippen LogP contribution in [0.3, 0.4) is 0 Å². The van der Waals surface area contributed by atoms with Crippen LogP contribution >= 0.6 is 0 Å². The molecule has 0 aliphatic carbocycles. The number of amides is 1. The minimum Gasteiger partial charge on any atom is -0.371 e. The summed E-state index contributed by atoms with van der Waals surface area (Å²) in [7, 11) is 0. The van der Waals surface area contributed by atoms with Gasteiger partial charge in [-0.1, -0.05) is 30.3 Å². The number of rotatable bonds is 8. The van der Waals surface area contributed by atoms with Gasteiger partial charge in [-0.3, -0.25) is 4.79 Å². The normalized spacial score (nSPS) is 10.8. The number of hydrogen-bond donors (Lipinski definition) is 2. The highest BCUT2D eigenvalue weighted by Crippen LogP contribution is 2.18. The van der Waals surface area contributed by atoms with Crippen molar-refractivity contribution in [3.63, 3.8) is 0 Å². The predicted molar refractivity (Wildman–Crippen MR) is 109 cm³/mol. The lowest BCUT2D eigenvalue weighted by atomic mass is 10.1. The molecule has 3 rings (SSSR count). The molecule has 2 aromatic carbocycles. The second-order valence-electron chi connectivity index (χ2n) is 6.63. The monoisotopic (exact) mass is 349 g/mol. The van der Waals surface area contributed by atoms with E-state index in [-0.39, 0.29) is 5.91 Å². The molecule has 136 valence electrons. The van der Waals surface area contributed by atoms with Gasteiger partial charge in [0.25, 0.3) is 0 Å². The van der Waals surface area contributed by atoms with Crippen LogP contribution in [0.1, 0.15) is 24.5 Å². The largest absolute Gasteiger partial charge is 0.371 e. The van der Waals surface area contributed by atoms with Crippen LogP contribution < -0.4 is 10.2 Å². The first kappa shape index (κ1) is 18.1. The fraction of sp³-hybridized carbons (Fsp3) is 0.318. The molecule has 0 saturated carbocycles. The van der Waals surface area contributed by atoms with Crippen molar-refractivity contribution in [3.05, 3.63) is 65.9 Å². The fourth-order valence-corrected chi connectivity index (χ4v) is 3.29. The zero-order valence-electron chi connectivity index (χ0n) is 15.6. The minimum absolute atomic E-state index is 0.107. The third-order valence-corrected chi connectivity index (χ3v) is 4.75. The number of para-hydroxylation sites is 1. The highest BCUT2D eigenvalue weighted by atomic mass is 16.1. The van der Waals surface area contributed by atoms with E-state index in [1.165, 1.54) is 22.2 Å². The molecular weight excluding hydrogens is 322 g/mol. The maximum atomic E-state index is 12.2. The van der Waals surface area contributed by atoms with Crippen molar-refractivity contribution in [2.75, 3.05) is 24.5 Å². The Morgan fingerprint density at radius 1 is 1.15 bits per heavy atom. The number of aromatic amines is 1. The summed E-state index contributed by atoms with van der Waals surface area (Å²) in [6.45, 7) is 6.51. The maximum Gasteiger partial charge on any atom is 0.221 e. The molecule has 1 aromatic heterocycles. The minimum atomic E-state index is 0.107. The van der Waals surface area contributed by atoms with Crippen molar-refractivity contribution in [1.82, 2.24) is 10.3 Å². The van der Waals surface area contributed by atoms with Crippen molar-refractivity contribution >= 4 is 22.5 Å². The van der Waals surface area contributed by atoms with Gasteiger partial charge in [0.2, 0.25) is 5.91 Å². The van der Waals surface area contributed by atoms with Crippen LogP contribution in [0.25, 0.3) is 10.9 Å². The average molecular weight is 349 g/mol. The molecule has 0 aliphatic heterocycles. The first-order valence-electron chi connectivity index (χ1n) is 9.30. The lowest BCUT2D eigenvalue weighted by Crippen LogP contribution is -2.31. The lowest BCUT2D eigenvalue weighted by molar-refractivity contribution is -0.120. The Labute approximate surface area is 155 Å². The quantitative estimate of drug-likeness (QED) is 0.644. The van der Waals surface area contributed by atoms with Gasteiger partial charge < -0.3 is 15.2 Å². The third-order valence-electron chi connectivity index (χ3n) is 4.75. The van der Waals surface area contributed by atoms with Crippen molar-refractivity contribution in [2.24, 2.45) is 0 Å². The van der Waals surface area contributed by atoms with Gasteiger partial charge in [-0.05, 0) is 49.6 Å². The van der Waals surface area contributed by atoms with Crippen LogP contribution in [-0.2, 0) is 11.2 Å². The summed E-state index contributed by atoms with van der Waals surface area (Å²) in [6.07, 6.45) is 3.38.